The second kappa shape index (κ2) is 7.25. The van der Waals surface area contributed by atoms with Gasteiger partial charge < -0.3 is 14.6 Å². The fraction of sp³-hybridized carbons (Fsp3) is 0.750. The van der Waals surface area contributed by atoms with E-state index >= 15 is 0 Å². The van der Waals surface area contributed by atoms with Gasteiger partial charge in [-0.05, 0) is 39.5 Å². The maximum Gasteiger partial charge on any atom is 0.118 e. The van der Waals surface area contributed by atoms with Gasteiger partial charge >= 0.3 is 0 Å². The molecule has 1 fully saturated rings. The van der Waals surface area contributed by atoms with Gasteiger partial charge in [0.15, 0.2) is 0 Å². The quantitative estimate of drug-likeness (QED) is 0.895. The molecule has 0 saturated carbocycles. The van der Waals surface area contributed by atoms with Crippen LogP contribution < -0.4 is 5.32 Å². The third kappa shape index (κ3) is 4.62. The Labute approximate surface area is 123 Å². The van der Waals surface area contributed by atoms with Gasteiger partial charge in [-0.25, -0.2) is 0 Å². The molecule has 1 aromatic heterocycles. The van der Waals surface area contributed by atoms with Crippen molar-refractivity contribution in [3.63, 3.8) is 0 Å². The maximum atomic E-state index is 5.86. The third-order valence-electron chi connectivity index (χ3n) is 3.96. The number of hydrogen-bond donors (Lipinski definition) is 1. The van der Waals surface area contributed by atoms with Crippen LogP contribution in [0.25, 0.3) is 0 Å². The lowest BCUT2D eigenvalue weighted by Gasteiger charge is -2.19. The Morgan fingerprint density at radius 3 is 2.80 bits per heavy atom. The molecule has 1 saturated heterocycles. The predicted octanol–water partition coefficient (Wildman–Crippen LogP) is 2.22. The Kier molecular flexibility index (Phi) is 5.64. The zero-order valence-electron chi connectivity index (χ0n) is 13.4. The van der Waals surface area contributed by atoms with Crippen molar-refractivity contribution in [3.05, 3.63) is 23.2 Å². The summed E-state index contributed by atoms with van der Waals surface area (Å²) in [5.74, 6) is 2.13. The molecular weight excluding hydrogens is 250 g/mol. The molecule has 0 aliphatic carbocycles. The zero-order chi connectivity index (χ0) is 14.5. The van der Waals surface area contributed by atoms with E-state index in [1.807, 2.05) is 0 Å². The molecule has 4 nitrogen and oxygen atoms in total. The van der Waals surface area contributed by atoms with E-state index in [0.29, 0.717) is 6.04 Å². The predicted molar refractivity (Wildman–Crippen MR) is 82.8 cm³/mol. The molecule has 0 bridgehead atoms. The first-order valence-electron chi connectivity index (χ1n) is 7.77. The number of nitrogens with zero attached hydrogens (tertiary/aromatic N) is 2. The van der Waals surface area contributed by atoms with Crippen molar-refractivity contribution in [2.45, 2.75) is 46.3 Å². The summed E-state index contributed by atoms with van der Waals surface area (Å²) >= 11 is 0. The fourth-order valence-corrected chi connectivity index (χ4v) is 2.64. The van der Waals surface area contributed by atoms with Crippen LogP contribution in [0.3, 0.4) is 0 Å². The minimum atomic E-state index is 0.491. The Hall–Kier alpha value is -0.840. The highest BCUT2D eigenvalue weighted by Crippen LogP contribution is 2.17. The van der Waals surface area contributed by atoms with Crippen molar-refractivity contribution in [2.75, 3.05) is 33.2 Å². The number of likely N-dealkylation sites (N-methyl/N-ethyl adjacent to an activating group) is 1. The topological polar surface area (TPSA) is 31.7 Å². The number of rotatable bonds is 5. The Bertz CT molecular complexity index is 414. The summed E-state index contributed by atoms with van der Waals surface area (Å²) in [7, 11) is 2.21. The first-order valence-corrected chi connectivity index (χ1v) is 7.77. The van der Waals surface area contributed by atoms with Gasteiger partial charge in [0.05, 0.1) is 6.54 Å². The van der Waals surface area contributed by atoms with Gasteiger partial charge in [0.1, 0.15) is 11.5 Å². The van der Waals surface area contributed by atoms with Crippen LogP contribution >= 0.6 is 0 Å². The van der Waals surface area contributed by atoms with Crippen LogP contribution in [0.1, 0.15) is 37.4 Å². The molecule has 0 radical (unpaired) electrons. The fourth-order valence-electron chi connectivity index (χ4n) is 2.64. The molecule has 1 aliphatic heterocycles. The summed E-state index contributed by atoms with van der Waals surface area (Å²) in [5.41, 5.74) is 1.34. The highest BCUT2D eigenvalue weighted by molar-refractivity contribution is 5.20. The Morgan fingerprint density at radius 1 is 1.25 bits per heavy atom. The normalized spacial score (nSPS) is 18.6. The molecule has 0 atom stereocenters. The minimum absolute atomic E-state index is 0.491. The number of hydrogen-bond acceptors (Lipinski definition) is 4. The summed E-state index contributed by atoms with van der Waals surface area (Å²) in [6.45, 7) is 13.0. The zero-order valence-corrected chi connectivity index (χ0v) is 13.4. The summed E-state index contributed by atoms with van der Waals surface area (Å²) in [6.07, 6.45) is 1.26. The molecule has 2 rings (SSSR count). The summed E-state index contributed by atoms with van der Waals surface area (Å²) < 4.78 is 5.86. The molecule has 2 heterocycles. The molecule has 0 amide bonds. The lowest BCUT2D eigenvalue weighted by molar-refractivity contribution is 0.267. The van der Waals surface area contributed by atoms with Gasteiger partial charge in [0, 0.05) is 31.2 Å². The molecule has 4 heteroatoms. The summed E-state index contributed by atoms with van der Waals surface area (Å²) in [4.78, 5) is 4.96. The molecular formula is C16H29N3O. The van der Waals surface area contributed by atoms with Crippen LogP contribution in [0.5, 0.6) is 0 Å². The van der Waals surface area contributed by atoms with Crippen molar-refractivity contribution in [2.24, 2.45) is 0 Å². The van der Waals surface area contributed by atoms with E-state index in [1.165, 1.54) is 31.6 Å². The average molecular weight is 279 g/mol. The van der Waals surface area contributed by atoms with Crippen molar-refractivity contribution < 1.29 is 4.42 Å². The van der Waals surface area contributed by atoms with Crippen LogP contribution in [0.15, 0.2) is 10.5 Å². The lowest BCUT2D eigenvalue weighted by Crippen LogP contribution is -2.28. The van der Waals surface area contributed by atoms with E-state index in [0.717, 1.165) is 31.2 Å². The van der Waals surface area contributed by atoms with Gasteiger partial charge in [0.25, 0.3) is 0 Å². The number of furan rings is 1. The highest BCUT2D eigenvalue weighted by atomic mass is 16.3. The largest absolute Gasteiger partial charge is 0.465 e. The van der Waals surface area contributed by atoms with Crippen molar-refractivity contribution in [1.29, 1.82) is 0 Å². The SMILES string of the molecule is Cc1oc(CNC(C)C)cc1CN1CCCN(C)CC1. The van der Waals surface area contributed by atoms with Crippen LogP contribution in [-0.4, -0.2) is 49.1 Å². The molecule has 114 valence electrons. The standard InChI is InChI=1S/C16H29N3O/c1-13(2)17-11-16-10-15(14(3)20-16)12-19-7-5-6-18(4)8-9-19/h10,13,17H,5-9,11-12H2,1-4H3. The van der Waals surface area contributed by atoms with Crippen LogP contribution in [0.2, 0.25) is 0 Å². The highest BCUT2D eigenvalue weighted by Gasteiger charge is 2.15. The van der Waals surface area contributed by atoms with Gasteiger partial charge in [-0.3, -0.25) is 4.90 Å². The second-order valence-electron chi connectivity index (χ2n) is 6.26. The van der Waals surface area contributed by atoms with E-state index in [4.69, 9.17) is 4.42 Å². The molecule has 1 N–H and O–H groups in total. The summed E-state index contributed by atoms with van der Waals surface area (Å²) in [6, 6.07) is 2.71. The molecule has 0 unspecified atom stereocenters. The van der Waals surface area contributed by atoms with Gasteiger partial charge in [-0.2, -0.15) is 0 Å². The van der Waals surface area contributed by atoms with E-state index < -0.39 is 0 Å². The number of aryl methyl sites for hydroxylation is 1. The van der Waals surface area contributed by atoms with E-state index in [9.17, 15) is 0 Å². The monoisotopic (exact) mass is 279 g/mol. The molecule has 0 aromatic carbocycles. The van der Waals surface area contributed by atoms with Crippen LogP contribution in [0.4, 0.5) is 0 Å². The second-order valence-corrected chi connectivity index (χ2v) is 6.26. The van der Waals surface area contributed by atoms with Gasteiger partial charge in [-0.15, -0.1) is 0 Å². The molecule has 1 aromatic rings. The number of nitrogens with one attached hydrogen (secondary N) is 1. The molecule has 20 heavy (non-hydrogen) atoms. The maximum absolute atomic E-state index is 5.86. The summed E-state index contributed by atoms with van der Waals surface area (Å²) in [5, 5.41) is 3.41. The third-order valence-corrected chi connectivity index (χ3v) is 3.96. The first-order chi connectivity index (χ1) is 9.54. The van der Waals surface area contributed by atoms with Crippen LogP contribution in [-0.2, 0) is 13.1 Å². The Morgan fingerprint density at radius 2 is 2.05 bits per heavy atom. The van der Waals surface area contributed by atoms with Crippen LogP contribution in [0, 0.1) is 6.92 Å². The minimum Gasteiger partial charge on any atom is -0.465 e. The molecule has 0 spiro atoms. The first kappa shape index (κ1) is 15.5. The lowest BCUT2D eigenvalue weighted by atomic mass is 10.2. The Balaban J connectivity index is 1.91. The molecule has 1 aliphatic rings. The van der Waals surface area contributed by atoms with Gasteiger partial charge in [-0.1, -0.05) is 13.8 Å². The van der Waals surface area contributed by atoms with Crippen molar-refractivity contribution in [3.8, 4) is 0 Å². The van der Waals surface area contributed by atoms with E-state index in [1.54, 1.807) is 0 Å². The van der Waals surface area contributed by atoms with Gasteiger partial charge in [0.2, 0.25) is 0 Å². The van der Waals surface area contributed by atoms with E-state index in [-0.39, 0.29) is 0 Å². The van der Waals surface area contributed by atoms with E-state index in [2.05, 4.69) is 49.0 Å². The van der Waals surface area contributed by atoms with Crippen molar-refractivity contribution in [1.82, 2.24) is 15.1 Å². The van der Waals surface area contributed by atoms with Crippen molar-refractivity contribution >= 4 is 0 Å². The average Bonchev–Trinajstić information content (AvgIpc) is 2.59. The smallest absolute Gasteiger partial charge is 0.118 e.